The predicted octanol–water partition coefficient (Wildman–Crippen LogP) is 0.0802. The zero-order valence-corrected chi connectivity index (χ0v) is 21.2. The topological polar surface area (TPSA) is 223 Å². The molecule has 1 aromatic rings. The Morgan fingerprint density at radius 1 is 1.18 bits per heavy atom. The highest BCUT2D eigenvalue weighted by molar-refractivity contribution is 7.67. The van der Waals surface area contributed by atoms with E-state index < -0.39 is 65.8 Å². The summed E-state index contributed by atoms with van der Waals surface area (Å²) in [4.78, 5) is 35.5. The molecule has 0 amide bonds. The second kappa shape index (κ2) is 11.4. The summed E-state index contributed by atoms with van der Waals surface area (Å²) in [5, 5.41) is 12.9. The fraction of sp³-hybridized carbons (Fsp3) is 0.714. The van der Waals surface area contributed by atoms with Crippen molar-refractivity contribution in [2.24, 2.45) is 0 Å². The maximum Gasteiger partial charge on any atom is 0.492 e. The van der Waals surface area contributed by atoms with Gasteiger partial charge in [0.05, 0.1) is 13.2 Å². The standard InChI is InChI=1S/C14H26N3O14P3/c1-15-10-7-12(17-6-5-11(19)16-13(17)20)29-14(10,8-18)9-28-32(21,22)30-34(24,27-4)31-33(23,25-2)26-3/h5-6,10,12,15,18H,7-9H2,1-4H3,(H,21,22)(H,16,19,20). The molecule has 4 N–H and O–H groups in total. The zero-order chi connectivity index (χ0) is 25.8. The van der Waals surface area contributed by atoms with Crippen LogP contribution in [0.2, 0.25) is 0 Å². The van der Waals surface area contributed by atoms with Crippen LogP contribution in [0.3, 0.4) is 0 Å². The lowest BCUT2D eigenvalue weighted by molar-refractivity contribution is -0.127. The highest BCUT2D eigenvalue weighted by Crippen LogP contribution is 2.71. The minimum absolute atomic E-state index is 0.0769. The van der Waals surface area contributed by atoms with Gasteiger partial charge in [0.25, 0.3) is 5.56 Å². The van der Waals surface area contributed by atoms with Gasteiger partial charge in [0.1, 0.15) is 11.8 Å². The average Bonchev–Trinajstić information content (AvgIpc) is 3.16. The Hall–Kier alpha value is -1.03. The summed E-state index contributed by atoms with van der Waals surface area (Å²) < 4.78 is 71.0. The molecule has 0 spiro atoms. The molecule has 0 radical (unpaired) electrons. The van der Waals surface area contributed by atoms with Crippen LogP contribution in [-0.4, -0.2) is 72.8 Å². The first-order valence-electron chi connectivity index (χ1n) is 9.35. The summed E-state index contributed by atoms with van der Waals surface area (Å²) in [6, 6.07) is 0.361. The van der Waals surface area contributed by atoms with Gasteiger partial charge < -0.3 is 20.1 Å². The molecule has 2 rings (SSSR count). The molecule has 1 fully saturated rings. The second-order valence-corrected chi connectivity index (χ2v) is 12.1. The predicted molar refractivity (Wildman–Crippen MR) is 113 cm³/mol. The quantitative estimate of drug-likeness (QED) is 0.237. The normalized spacial score (nSPS) is 26.8. The van der Waals surface area contributed by atoms with Crippen molar-refractivity contribution in [3.05, 3.63) is 33.1 Å². The number of likely N-dealkylation sites (N-methyl/N-ethyl adjacent to an activating group) is 1. The molecule has 196 valence electrons. The Bertz CT molecular complexity index is 1100. The van der Waals surface area contributed by atoms with Crippen molar-refractivity contribution < 1.29 is 55.1 Å². The number of rotatable bonds is 13. The second-order valence-electron chi connectivity index (χ2n) is 6.74. The summed E-state index contributed by atoms with van der Waals surface area (Å²) in [7, 11) is -10.7. The largest absolute Gasteiger partial charge is 0.492 e. The number of ether oxygens (including phenoxy) is 1. The van der Waals surface area contributed by atoms with Gasteiger partial charge >= 0.3 is 29.2 Å². The lowest BCUT2D eigenvalue weighted by Crippen LogP contribution is -2.52. The van der Waals surface area contributed by atoms with Crippen LogP contribution in [0.5, 0.6) is 0 Å². The maximum atomic E-state index is 12.5. The minimum atomic E-state index is -5.27. The van der Waals surface area contributed by atoms with E-state index in [1.165, 1.54) is 13.2 Å². The third kappa shape index (κ3) is 6.80. The van der Waals surface area contributed by atoms with Crippen molar-refractivity contribution in [3.63, 3.8) is 0 Å². The molecule has 17 nitrogen and oxygen atoms in total. The Morgan fingerprint density at radius 3 is 2.29 bits per heavy atom. The first kappa shape index (κ1) is 29.2. The summed E-state index contributed by atoms with van der Waals surface area (Å²) in [5.41, 5.74) is -3.10. The Labute approximate surface area is 193 Å². The third-order valence-electron chi connectivity index (χ3n) is 4.77. The van der Waals surface area contributed by atoms with E-state index in [1.807, 2.05) is 0 Å². The van der Waals surface area contributed by atoms with Gasteiger partial charge in [-0.15, -0.1) is 0 Å². The van der Waals surface area contributed by atoms with Crippen LogP contribution < -0.4 is 16.6 Å². The number of phosphoric acid groups is 3. The lowest BCUT2D eigenvalue weighted by atomic mass is 9.96. The first-order valence-corrected chi connectivity index (χ1v) is 13.8. The van der Waals surface area contributed by atoms with Crippen LogP contribution in [0.15, 0.2) is 21.9 Å². The van der Waals surface area contributed by atoms with E-state index in [0.717, 1.165) is 32.0 Å². The van der Waals surface area contributed by atoms with Gasteiger partial charge in [0, 0.05) is 46.1 Å². The lowest BCUT2D eigenvalue weighted by Gasteiger charge is -2.32. The number of nitrogens with one attached hydrogen (secondary N) is 2. The summed E-state index contributed by atoms with van der Waals surface area (Å²) >= 11 is 0. The monoisotopic (exact) mass is 553 g/mol. The van der Waals surface area contributed by atoms with Gasteiger partial charge in [-0.2, -0.15) is 8.62 Å². The summed E-state index contributed by atoms with van der Waals surface area (Å²) in [6.07, 6.45) is 0.260. The number of aliphatic hydroxyl groups is 1. The fourth-order valence-corrected chi connectivity index (χ4v) is 7.20. The van der Waals surface area contributed by atoms with Crippen molar-refractivity contribution in [2.45, 2.75) is 24.3 Å². The van der Waals surface area contributed by atoms with Crippen molar-refractivity contribution in [1.29, 1.82) is 0 Å². The Kier molecular flexibility index (Phi) is 9.75. The minimum Gasteiger partial charge on any atom is -0.393 e. The van der Waals surface area contributed by atoms with Crippen molar-refractivity contribution in [3.8, 4) is 0 Å². The Morgan fingerprint density at radius 2 is 1.79 bits per heavy atom. The highest BCUT2D eigenvalue weighted by atomic mass is 31.3. The van der Waals surface area contributed by atoms with Gasteiger partial charge in [-0.05, 0) is 7.05 Å². The van der Waals surface area contributed by atoms with Crippen LogP contribution in [0.1, 0.15) is 12.6 Å². The molecular weight excluding hydrogens is 527 g/mol. The van der Waals surface area contributed by atoms with E-state index in [1.54, 1.807) is 0 Å². The molecule has 0 aliphatic carbocycles. The van der Waals surface area contributed by atoms with Gasteiger partial charge in [-0.25, -0.2) is 18.5 Å². The number of phosphoric ester groups is 2. The average molecular weight is 553 g/mol. The van der Waals surface area contributed by atoms with E-state index >= 15 is 0 Å². The molecule has 0 saturated carbocycles. The van der Waals surface area contributed by atoms with Gasteiger partial charge in [0.15, 0.2) is 0 Å². The first-order chi connectivity index (χ1) is 15.8. The molecule has 5 unspecified atom stereocenters. The molecule has 0 bridgehead atoms. The van der Waals surface area contributed by atoms with Crippen LogP contribution in [-0.2, 0) is 45.1 Å². The molecule has 20 heteroatoms. The maximum absolute atomic E-state index is 12.5. The van der Waals surface area contributed by atoms with Gasteiger partial charge in [-0.3, -0.25) is 32.4 Å². The van der Waals surface area contributed by atoms with E-state index in [4.69, 9.17) is 9.26 Å². The van der Waals surface area contributed by atoms with E-state index in [9.17, 15) is 33.3 Å². The number of aromatic nitrogens is 2. The number of hydrogen-bond donors (Lipinski definition) is 4. The number of nitrogens with zero attached hydrogens (tertiary/aromatic N) is 1. The zero-order valence-electron chi connectivity index (χ0n) is 18.5. The fourth-order valence-electron chi connectivity index (χ4n) is 3.04. The van der Waals surface area contributed by atoms with Crippen LogP contribution in [0.4, 0.5) is 0 Å². The van der Waals surface area contributed by atoms with E-state index in [0.29, 0.717) is 0 Å². The van der Waals surface area contributed by atoms with Gasteiger partial charge in [-0.1, -0.05) is 0 Å². The van der Waals surface area contributed by atoms with Crippen LogP contribution in [0.25, 0.3) is 0 Å². The summed E-state index contributed by atoms with van der Waals surface area (Å²) in [5.74, 6) is 0. The molecule has 34 heavy (non-hydrogen) atoms. The van der Waals surface area contributed by atoms with Crippen molar-refractivity contribution >= 4 is 23.5 Å². The Balaban J connectivity index is 2.21. The van der Waals surface area contributed by atoms with Crippen LogP contribution >= 0.6 is 23.5 Å². The summed E-state index contributed by atoms with van der Waals surface area (Å²) in [6.45, 7) is -1.57. The van der Waals surface area contributed by atoms with E-state index in [2.05, 4.69) is 32.5 Å². The smallest absolute Gasteiger partial charge is 0.393 e. The SMILES string of the molecule is CNC1CC(n2ccc(=O)[nH]c2=O)OC1(CO)COP(=O)(O)OP(=O)(OC)OP(=O)(OC)OC. The molecule has 1 saturated heterocycles. The number of aromatic amines is 1. The molecule has 1 aliphatic heterocycles. The molecule has 2 heterocycles. The molecule has 1 aliphatic rings. The number of H-pyrrole nitrogens is 1. The molecule has 5 atom stereocenters. The number of aliphatic hydroxyl groups excluding tert-OH is 1. The molecule has 1 aromatic heterocycles. The van der Waals surface area contributed by atoms with Crippen molar-refractivity contribution in [2.75, 3.05) is 41.6 Å². The molecule has 0 aromatic carbocycles. The van der Waals surface area contributed by atoms with Crippen molar-refractivity contribution in [1.82, 2.24) is 14.9 Å². The molecular formula is C14H26N3O14P3. The van der Waals surface area contributed by atoms with Crippen LogP contribution in [0, 0.1) is 0 Å². The number of hydrogen-bond acceptors (Lipinski definition) is 14. The van der Waals surface area contributed by atoms with E-state index in [-0.39, 0.29) is 6.42 Å². The van der Waals surface area contributed by atoms with Gasteiger partial charge in [0.2, 0.25) is 0 Å². The third-order valence-corrected chi connectivity index (χ3v) is 9.79. The highest BCUT2D eigenvalue weighted by Gasteiger charge is 2.51.